The summed E-state index contributed by atoms with van der Waals surface area (Å²) in [6.45, 7) is 5.20. The van der Waals surface area contributed by atoms with Crippen molar-refractivity contribution in [3.8, 4) is 0 Å². The van der Waals surface area contributed by atoms with Crippen molar-refractivity contribution in [2.45, 2.75) is 32.8 Å². The molecule has 0 spiro atoms. The quantitative estimate of drug-likeness (QED) is 0.866. The maximum atomic E-state index is 12.4. The Kier molecular flexibility index (Phi) is 5.63. The summed E-state index contributed by atoms with van der Waals surface area (Å²) in [7, 11) is 0. The van der Waals surface area contributed by atoms with Gasteiger partial charge in [-0.15, -0.1) is 0 Å². The van der Waals surface area contributed by atoms with E-state index in [1.165, 1.54) is 0 Å². The van der Waals surface area contributed by atoms with E-state index in [2.05, 4.69) is 15.6 Å². The summed E-state index contributed by atoms with van der Waals surface area (Å²) in [5.74, 6) is -0.650. The first-order chi connectivity index (χ1) is 12.5. The molecule has 1 aliphatic rings. The number of nitrogens with zero attached hydrogens (tertiary/aromatic N) is 1. The number of aromatic nitrogens is 1. The first kappa shape index (κ1) is 18.1. The highest BCUT2D eigenvalue weighted by Crippen LogP contribution is 2.15. The third kappa shape index (κ3) is 4.46. The summed E-state index contributed by atoms with van der Waals surface area (Å²) in [5, 5.41) is 5.63. The summed E-state index contributed by atoms with van der Waals surface area (Å²) in [4.78, 5) is 28.9. The first-order valence-corrected chi connectivity index (χ1v) is 8.78. The van der Waals surface area contributed by atoms with Crippen LogP contribution in [0.1, 0.15) is 44.9 Å². The van der Waals surface area contributed by atoms with Gasteiger partial charge >= 0.3 is 0 Å². The fourth-order valence-electron chi connectivity index (χ4n) is 2.80. The molecule has 0 saturated carbocycles. The van der Waals surface area contributed by atoms with Crippen molar-refractivity contribution in [1.29, 1.82) is 0 Å². The van der Waals surface area contributed by atoms with Crippen LogP contribution in [0.2, 0.25) is 0 Å². The fraction of sp³-hybridized carbons (Fsp3) is 0.350. The number of nitrogens with one attached hydrogen (secondary N) is 2. The van der Waals surface area contributed by atoms with Crippen LogP contribution in [0.25, 0.3) is 0 Å². The lowest BCUT2D eigenvalue weighted by Gasteiger charge is -2.11. The van der Waals surface area contributed by atoms with E-state index in [1.807, 2.05) is 32.0 Å². The van der Waals surface area contributed by atoms with E-state index in [4.69, 9.17) is 4.74 Å². The number of ether oxygens (including phenoxy) is 1. The van der Waals surface area contributed by atoms with Gasteiger partial charge in [-0.3, -0.25) is 9.59 Å². The lowest BCUT2D eigenvalue weighted by Crippen LogP contribution is -2.32. The van der Waals surface area contributed by atoms with E-state index in [9.17, 15) is 9.59 Å². The number of hydrogen-bond acceptors (Lipinski definition) is 4. The van der Waals surface area contributed by atoms with Crippen molar-refractivity contribution in [3.05, 3.63) is 58.9 Å². The number of aryl methyl sites for hydroxylation is 2. The molecule has 3 rings (SSSR count). The minimum Gasteiger partial charge on any atom is -0.376 e. The van der Waals surface area contributed by atoms with Crippen molar-refractivity contribution < 1.29 is 14.3 Å². The van der Waals surface area contributed by atoms with Crippen LogP contribution in [0.4, 0.5) is 5.69 Å². The molecule has 6 heteroatoms. The molecular formula is C20H23N3O3. The van der Waals surface area contributed by atoms with Gasteiger partial charge in [0.1, 0.15) is 11.4 Å². The van der Waals surface area contributed by atoms with Crippen molar-refractivity contribution in [1.82, 2.24) is 10.3 Å². The summed E-state index contributed by atoms with van der Waals surface area (Å²) < 4.78 is 5.49. The monoisotopic (exact) mass is 353 g/mol. The minimum atomic E-state index is -0.345. The van der Waals surface area contributed by atoms with E-state index in [1.54, 1.807) is 18.2 Å². The van der Waals surface area contributed by atoms with Crippen LogP contribution in [-0.2, 0) is 4.74 Å². The third-order valence-electron chi connectivity index (χ3n) is 4.49. The molecule has 1 saturated heterocycles. The van der Waals surface area contributed by atoms with Crippen LogP contribution in [0.3, 0.4) is 0 Å². The molecule has 1 aromatic carbocycles. The van der Waals surface area contributed by atoms with Crippen LogP contribution in [-0.4, -0.2) is 36.1 Å². The second-order valence-corrected chi connectivity index (χ2v) is 6.51. The molecule has 6 nitrogen and oxygen atoms in total. The van der Waals surface area contributed by atoms with Gasteiger partial charge in [0.15, 0.2) is 0 Å². The predicted molar refractivity (Wildman–Crippen MR) is 99.4 cm³/mol. The normalized spacial score (nSPS) is 16.3. The number of rotatable bonds is 5. The van der Waals surface area contributed by atoms with Crippen LogP contribution < -0.4 is 10.6 Å². The Balaban J connectivity index is 1.64. The number of anilines is 1. The van der Waals surface area contributed by atoms with Crippen LogP contribution in [0.5, 0.6) is 0 Å². The molecule has 1 aliphatic heterocycles. The minimum absolute atomic E-state index is 0.0650. The lowest BCUT2D eigenvalue weighted by atomic mass is 10.1. The van der Waals surface area contributed by atoms with Gasteiger partial charge < -0.3 is 15.4 Å². The highest BCUT2D eigenvalue weighted by Gasteiger charge is 2.18. The summed E-state index contributed by atoms with van der Waals surface area (Å²) in [6, 6.07) is 10.5. The highest BCUT2D eigenvalue weighted by molar-refractivity contribution is 6.03. The molecule has 2 amide bonds. The van der Waals surface area contributed by atoms with Gasteiger partial charge in [-0.05, 0) is 62.1 Å². The zero-order valence-electron chi connectivity index (χ0n) is 15.0. The maximum Gasteiger partial charge on any atom is 0.274 e. The zero-order chi connectivity index (χ0) is 18.5. The molecule has 1 unspecified atom stereocenters. The number of carbonyl (C=O) groups is 2. The van der Waals surface area contributed by atoms with E-state index >= 15 is 0 Å². The van der Waals surface area contributed by atoms with Gasteiger partial charge in [0.05, 0.1) is 6.10 Å². The first-order valence-electron chi connectivity index (χ1n) is 8.78. The number of pyridine rings is 1. The van der Waals surface area contributed by atoms with Gasteiger partial charge in [-0.1, -0.05) is 12.1 Å². The molecule has 1 atom stereocenters. The molecule has 1 fully saturated rings. The van der Waals surface area contributed by atoms with E-state index in [0.29, 0.717) is 12.2 Å². The second kappa shape index (κ2) is 8.10. The average molecular weight is 353 g/mol. The van der Waals surface area contributed by atoms with Crippen molar-refractivity contribution in [2.75, 3.05) is 18.5 Å². The Hall–Kier alpha value is -2.73. The Morgan fingerprint density at radius 1 is 1.12 bits per heavy atom. The van der Waals surface area contributed by atoms with Crippen LogP contribution >= 0.6 is 0 Å². The highest BCUT2D eigenvalue weighted by atomic mass is 16.5. The number of carbonyl (C=O) groups excluding carboxylic acids is 2. The van der Waals surface area contributed by atoms with Crippen LogP contribution in [0, 0.1) is 13.8 Å². The molecule has 2 N–H and O–H groups in total. The van der Waals surface area contributed by atoms with Crippen molar-refractivity contribution in [2.24, 2.45) is 0 Å². The third-order valence-corrected chi connectivity index (χ3v) is 4.49. The predicted octanol–water partition coefficient (Wildman–Crippen LogP) is 2.86. The summed E-state index contributed by atoms with van der Waals surface area (Å²) in [6.07, 6.45) is 2.04. The van der Waals surface area contributed by atoms with E-state index in [-0.39, 0.29) is 29.3 Å². The molecule has 1 aromatic heterocycles. The largest absolute Gasteiger partial charge is 0.376 e. The summed E-state index contributed by atoms with van der Waals surface area (Å²) in [5.41, 5.74) is 3.38. The van der Waals surface area contributed by atoms with E-state index in [0.717, 1.165) is 30.6 Å². The van der Waals surface area contributed by atoms with Gasteiger partial charge in [0.25, 0.3) is 11.8 Å². The Labute approximate surface area is 153 Å². The van der Waals surface area contributed by atoms with Gasteiger partial charge in [-0.2, -0.15) is 0 Å². The van der Waals surface area contributed by atoms with Crippen LogP contribution in [0.15, 0.2) is 36.4 Å². The summed E-state index contributed by atoms with van der Waals surface area (Å²) >= 11 is 0. The Morgan fingerprint density at radius 3 is 2.58 bits per heavy atom. The standard InChI is InChI=1S/C20H23N3O3/c1-13-8-9-15(11-14(13)2)22-20(25)18-7-3-6-17(23-18)19(24)21-12-16-5-4-10-26-16/h3,6-9,11,16H,4-5,10,12H2,1-2H3,(H,21,24)(H,22,25). The lowest BCUT2D eigenvalue weighted by molar-refractivity contribution is 0.0853. The molecule has 2 heterocycles. The Morgan fingerprint density at radius 2 is 1.88 bits per heavy atom. The number of benzene rings is 1. The molecule has 0 aliphatic carbocycles. The molecule has 0 radical (unpaired) electrons. The molecule has 136 valence electrons. The molecule has 26 heavy (non-hydrogen) atoms. The average Bonchev–Trinajstić information content (AvgIpc) is 3.16. The Bertz CT molecular complexity index is 814. The van der Waals surface area contributed by atoms with Gasteiger partial charge in [0, 0.05) is 18.8 Å². The SMILES string of the molecule is Cc1ccc(NC(=O)c2cccc(C(=O)NCC3CCCO3)n2)cc1C. The van der Waals surface area contributed by atoms with Crippen molar-refractivity contribution >= 4 is 17.5 Å². The van der Waals surface area contributed by atoms with E-state index < -0.39 is 0 Å². The molecule has 0 bridgehead atoms. The van der Waals surface area contributed by atoms with Gasteiger partial charge in [0.2, 0.25) is 0 Å². The maximum absolute atomic E-state index is 12.4. The number of amides is 2. The van der Waals surface area contributed by atoms with Gasteiger partial charge in [-0.25, -0.2) is 4.98 Å². The molecular weight excluding hydrogens is 330 g/mol. The van der Waals surface area contributed by atoms with Crippen molar-refractivity contribution in [3.63, 3.8) is 0 Å². The second-order valence-electron chi connectivity index (χ2n) is 6.51. The topological polar surface area (TPSA) is 80.3 Å². The smallest absolute Gasteiger partial charge is 0.274 e. The molecule has 2 aromatic rings. The number of hydrogen-bond donors (Lipinski definition) is 2. The fourth-order valence-corrected chi connectivity index (χ4v) is 2.80. The zero-order valence-corrected chi connectivity index (χ0v) is 15.0.